The van der Waals surface area contributed by atoms with Crippen molar-refractivity contribution in [3.8, 4) is 11.5 Å². The third-order valence-corrected chi connectivity index (χ3v) is 5.32. The number of rotatable bonds is 2. The summed E-state index contributed by atoms with van der Waals surface area (Å²) >= 11 is 0. The van der Waals surface area contributed by atoms with E-state index in [9.17, 15) is 10.2 Å². The molecule has 2 aromatic rings. The second-order valence-corrected chi connectivity index (χ2v) is 6.75. The van der Waals surface area contributed by atoms with Crippen molar-refractivity contribution in [2.45, 2.75) is 44.6 Å². The first kappa shape index (κ1) is 14.6. The van der Waals surface area contributed by atoms with Crippen molar-refractivity contribution >= 4 is 0 Å². The summed E-state index contributed by atoms with van der Waals surface area (Å²) < 4.78 is 0. The Balaban J connectivity index is 1.71. The lowest BCUT2D eigenvalue weighted by Crippen LogP contribution is -2.31. The molecular weight excluding hydrogens is 286 g/mol. The molecule has 3 N–H and O–H groups in total. The summed E-state index contributed by atoms with van der Waals surface area (Å²) in [5, 5.41) is 23.8. The maximum Gasteiger partial charge on any atom is 0.119 e. The Labute approximate surface area is 137 Å². The molecule has 0 aromatic heterocycles. The van der Waals surface area contributed by atoms with Gasteiger partial charge in [-0.3, -0.25) is 0 Å². The van der Waals surface area contributed by atoms with Gasteiger partial charge in [-0.1, -0.05) is 12.1 Å². The van der Waals surface area contributed by atoms with Gasteiger partial charge in [0, 0.05) is 6.04 Å². The van der Waals surface area contributed by atoms with Gasteiger partial charge in [0.2, 0.25) is 0 Å². The number of aryl methyl sites for hydroxylation is 1. The topological polar surface area (TPSA) is 52.5 Å². The van der Waals surface area contributed by atoms with Gasteiger partial charge >= 0.3 is 0 Å². The van der Waals surface area contributed by atoms with Crippen LogP contribution in [0.25, 0.3) is 0 Å². The number of hydrogen-bond acceptors (Lipinski definition) is 3. The predicted octanol–water partition coefficient (Wildman–Crippen LogP) is 3.41. The molecule has 1 aliphatic heterocycles. The van der Waals surface area contributed by atoms with Crippen molar-refractivity contribution in [3.05, 3.63) is 58.1 Å². The Hall–Kier alpha value is -2.00. The molecule has 0 spiro atoms. The quantitative estimate of drug-likeness (QED) is 0.797. The van der Waals surface area contributed by atoms with Crippen molar-refractivity contribution in [3.63, 3.8) is 0 Å². The first-order valence-electron chi connectivity index (χ1n) is 8.60. The van der Waals surface area contributed by atoms with Crippen LogP contribution in [0.4, 0.5) is 0 Å². The van der Waals surface area contributed by atoms with Crippen molar-refractivity contribution < 1.29 is 10.2 Å². The highest BCUT2D eigenvalue weighted by Crippen LogP contribution is 2.36. The summed E-state index contributed by atoms with van der Waals surface area (Å²) in [6.07, 6.45) is 6.42. The minimum absolute atomic E-state index is 0.158. The number of fused-ring (bicyclic) bond motifs is 2. The molecule has 0 bridgehead atoms. The minimum atomic E-state index is 0.158. The summed E-state index contributed by atoms with van der Waals surface area (Å²) in [4.78, 5) is 0. The molecule has 0 fully saturated rings. The van der Waals surface area contributed by atoms with Gasteiger partial charge in [0.25, 0.3) is 0 Å². The van der Waals surface area contributed by atoms with Gasteiger partial charge in [-0.15, -0.1) is 0 Å². The maximum atomic E-state index is 10.4. The van der Waals surface area contributed by atoms with E-state index in [1.54, 1.807) is 6.07 Å². The summed E-state index contributed by atoms with van der Waals surface area (Å²) in [5.41, 5.74) is 6.32. The monoisotopic (exact) mass is 309 g/mol. The van der Waals surface area contributed by atoms with Crippen LogP contribution in [0.3, 0.4) is 0 Å². The van der Waals surface area contributed by atoms with Gasteiger partial charge < -0.3 is 15.5 Å². The molecule has 0 amide bonds. The number of benzene rings is 2. The third-order valence-electron chi connectivity index (χ3n) is 5.32. The lowest BCUT2D eigenvalue weighted by molar-refractivity contribution is 0.444. The molecule has 2 aliphatic rings. The Bertz CT molecular complexity index is 739. The lowest BCUT2D eigenvalue weighted by Gasteiger charge is -2.29. The standard InChI is InChI=1S/C20H23NO2/c22-15-7-5-14-9-10-21-19(17(14)11-15)12-18-16-4-2-1-3-13(16)6-8-20(18)23/h5-8,11,19,21-23H,1-4,9-10,12H2. The lowest BCUT2D eigenvalue weighted by atomic mass is 9.83. The second kappa shape index (κ2) is 5.89. The molecule has 0 saturated carbocycles. The molecule has 4 rings (SSSR count). The summed E-state index contributed by atoms with van der Waals surface area (Å²) in [5.74, 6) is 0.733. The second-order valence-electron chi connectivity index (χ2n) is 6.75. The zero-order chi connectivity index (χ0) is 15.8. The fraction of sp³-hybridized carbons (Fsp3) is 0.400. The molecule has 23 heavy (non-hydrogen) atoms. The van der Waals surface area contributed by atoms with Crippen LogP contribution in [0.5, 0.6) is 11.5 Å². The van der Waals surface area contributed by atoms with E-state index in [0.29, 0.717) is 11.5 Å². The molecule has 0 saturated heterocycles. The van der Waals surface area contributed by atoms with Gasteiger partial charge in [0.1, 0.15) is 11.5 Å². The zero-order valence-electron chi connectivity index (χ0n) is 13.3. The van der Waals surface area contributed by atoms with Crippen LogP contribution in [-0.4, -0.2) is 16.8 Å². The first-order chi connectivity index (χ1) is 11.2. The largest absolute Gasteiger partial charge is 0.508 e. The Morgan fingerprint density at radius 3 is 2.70 bits per heavy atom. The number of nitrogens with one attached hydrogen (secondary N) is 1. The average Bonchev–Trinajstić information content (AvgIpc) is 2.58. The van der Waals surface area contributed by atoms with Gasteiger partial charge in [-0.2, -0.15) is 0 Å². The fourth-order valence-electron chi connectivity index (χ4n) is 4.13. The van der Waals surface area contributed by atoms with E-state index in [-0.39, 0.29) is 6.04 Å². The summed E-state index contributed by atoms with van der Waals surface area (Å²) in [7, 11) is 0. The van der Waals surface area contributed by atoms with Crippen LogP contribution in [0.2, 0.25) is 0 Å². The number of phenolic OH excluding ortho intramolecular Hbond substituents is 2. The smallest absolute Gasteiger partial charge is 0.119 e. The number of aromatic hydroxyl groups is 2. The molecule has 120 valence electrons. The number of hydrogen-bond donors (Lipinski definition) is 3. The minimum Gasteiger partial charge on any atom is -0.508 e. The molecule has 1 atom stereocenters. The molecule has 3 nitrogen and oxygen atoms in total. The van der Waals surface area contributed by atoms with E-state index < -0.39 is 0 Å². The van der Waals surface area contributed by atoms with E-state index in [2.05, 4.69) is 11.4 Å². The summed E-state index contributed by atoms with van der Waals surface area (Å²) in [6, 6.07) is 9.76. The van der Waals surface area contributed by atoms with Crippen molar-refractivity contribution in [1.82, 2.24) is 5.32 Å². The Morgan fingerprint density at radius 2 is 1.78 bits per heavy atom. The highest BCUT2D eigenvalue weighted by atomic mass is 16.3. The molecule has 2 aromatic carbocycles. The van der Waals surface area contributed by atoms with E-state index in [1.807, 2.05) is 18.2 Å². The van der Waals surface area contributed by atoms with E-state index in [4.69, 9.17) is 0 Å². The van der Waals surface area contributed by atoms with Gasteiger partial charge in [-0.05, 0) is 91.1 Å². The normalized spacial score (nSPS) is 19.9. The molecule has 1 unspecified atom stereocenters. The zero-order valence-corrected chi connectivity index (χ0v) is 13.3. The first-order valence-corrected chi connectivity index (χ1v) is 8.60. The van der Waals surface area contributed by atoms with Gasteiger partial charge in [0.15, 0.2) is 0 Å². The predicted molar refractivity (Wildman–Crippen MR) is 91.0 cm³/mol. The van der Waals surface area contributed by atoms with Crippen LogP contribution < -0.4 is 5.32 Å². The Kier molecular flexibility index (Phi) is 3.74. The van der Waals surface area contributed by atoms with E-state index >= 15 is 0 Å². The van der Waals surface area contributed by atoms with Crippen molar-refractivity contribution in [2.24, 2.45) is 0 Å². The van der Waals surface area contributed by atoms with Crippen LogP contribution in [0.15, 0.2) is 30.3 Å². The van der Waals surface area contributed by atoms with E-state index in [1.165, 1.54) is 35.1 Å². The van der Waals surface area contributed by atoms with Crippen LogP contribution in [0.1, 0.15) is 46.7 Å². The highest BCUT2D eigenvalue weighted by molar-refractivity contribution is 5.48. The molecule has 0 radical (unpaired) electrons. The Morgan fingerprint density at radius 1 is 0.957 bits per heavy atom. The molecule has 3 heteroatoms. The van der Waals surface area contributed by atoms with Crippen LogP contribution in [-0.2, 0) is 25.7 Å². The molecular formula is C20H23NO2. The SMILES string of the molecule is Oc1ccc2c(c1)C(Cc1c(O)ccc3c1CCCC3)NCC2. The average molecular weight is 309 g/mol. The van der Waals surface area contributed by atoms with Gasteiger partial charge in [-0.25, -0.2) is 0 Å². The highest BCUT2D eigenvalue weighted by Gasteiger charge is 2.24. The summed E-state index contributed by atoms with van der Waals surface area (Å²) in [6.45, 7) is 0.943. The van der Waals surface area contributed by atoms with Crippen molar-refractivity contribution in [1.29, 1.82) is 0 Å². The third kappa shape index (κ3) is 2.70. The number of phenols is 2. The fourth-order valence-corrected chi connectivity index (χ4v) is 4.13. The van der Waals surface area contributed by atoms with E-state index in [0.717, 1.165) is 37.8 Å². The molecule has 1 heterocycles. The molecule has 1 aliphatic carbocycles. The van der Waals surface area contributed by atoms with Gasteiger partial charge in [0.05, 0.1) is 0 Å². The maximum absolute atomic E-state index is 10.4. The van der Waals surface area contributed by atoms with Crippen LogP contribution in [0, 0.1) is 0 Å². The van der Waals surface area contributed by atoms with Crippen molar-refractivity contribution in [2.75, 3.05) is 6.54 Å². The van der Waals surface area contributed by atoms with Crippen LogP contribution >= 0.6 is 0 Å².